The van der Waals surface area contributed by atoms with E-state index in [-0.39, 0.29) is 0 Å². The van der Waals surface area contributed by atoms with E-state index >= 15 is 0 Å². The third-order valence-electron chi connectivity index (χ3n) is 2.01. The summed E-state index contributed by atoms with van der Waals surface area (Å²) in [5.74, 6) is 0. The lowest BCUT2D eigenvalue weighted by molar-refractivity contribution is 1.39. The van der Waals surface area contributed by atoms with Gasteiger partial charge in [0.15, 0.2) is 0 Å². The van der Waals surface area contributed by atoms with Gasteiger partial charge in [-0.15, -0.1) is 0 Å². The van der Waals surface area contributed by atoms with Crippen LogP contribution in [-0.2, 0) is 0 Å². The van der Waals surface area contributed by atoms with E-state index in [1.54, 1.807) is 11.8 Å². The number of hydrogen-bond donors (Lipinski definition) is 2. The first kappa shape index (κ1) is 11.4. The molecule has 0 aliphatic rings. The number of benzene rings is 2. The summed E-state index contributed by atoms with van der Waals surface area (Å²) in [4.78, 5) is 2.25. The van der Waals surface area contributed by atoms with Crippen LogP contribution in [0.3, 0.4) is 0 Å². The third kappa shape index (κ3) is 2.93. The second-order valence-corrected chi connectivity index (χ2v) is 5.45. The Bertz CT molecular complexity index is 477. The molecule has 0 bridgehead atoms. The number of anilines is 2. The molecule has 0 spiro atoms. The Morgan fingerprint density at radius 2 is 1.50 bits per heavy atom. The standard InChI is InChI=1S/C12H11BrN2S/c13-8-5-10(15)7-12(6-8)16-11-3-1-9(14)2-4-11/h1-7H,14-15H2. The Kier molecular flexibility index (Phi) is 3.41. The lowest BCUT2D eigenvalue weighted by Gasteiger charge is -2.04. The van der Waals surface area contributed by atoms with Crippen LogP contribution in [0.15, 0.2) is 56.7 Å². The van der Waals surface area contributed by atoms with E-state index in [0.717, 1.165) is 25.6 Å². The van der Waals surface area contributed by atoms with Gasteiger partial charge >= 0.3 is 0 Å². The van der Waals surface area contributed by atoms with Crippen LogP contribution in [0.4, 0.5) is 11.4 Å². The van der Waals surface area contributed by atoms with Crippen LogP contribution >= 0.6 is 27.7 Å². The number of halogens is 1. The van der Waals surface area contributed by atoms with Crippen LogP contribution in [0.1, 0.15) is 0 Å². The lowest BCUT2D eigenvalue weighted by Crippen LogP contribution is -1.85. The number of rotatable bonds is 2. The second-order valence-electron chi connectivity index (χ2n) is 3.39. The minimum Gasteiger partial charge on any atom is -0.399 e. The normalized spacial score (nSPS) is 10.3. The first-order valence-corrected chi connectivity index (χ1v) is 6.34. The summed E-state index contributed by atoms with van der Waals surface area (Å²) in [5, 5.41) is 0. The molecule has 0 unspecified atom stereocenters. The Balaban J connectivity index is 2.23. The monoisotopic (exact) mass is 294 g/mol. The van der Waals surface area contributed by atoms with E-state index in [4.69, 9.17) is 11.5 Å². The van der Waals surface area contributed by atoms with Crippen molar-refractivity contribution in [3.63, 3.8) is 0 Å². The van der Waals surface area contributed by atoms with Crippen LogP contribution in [0.5, 0.6) is 0 Å². The van der Waals surface area contributed by atoms with Gasteiger partial charge in [0.05, 0.1) is 0 Å². The summed E-state index contributed by atoms with van der Waals surface area (Å²) in [6, 6.07) is 13.7. The smallest absolute Gasteiger partial charge is 0.0336 e. The lowest BCUT2D eigenvalue weighted by atomic mass is 10.3. The molecule has 2 nitrogen and oxygen atoms in total. The van der Waals surface area contributed by atoms with E-state index in [1.807, 2.05) is 42.5 Å². The van der Waals surface area contributed by atoms with E-state index < -0.39 is 0 Å². The van der Waals surface area contributed by atoms with Crippen molar-refractivity contribution in [3.05, 3.63) is 46.9 Å². The molecule has 82 valence electrons. The van der Waals surface area contributed by atoms with Crippen molar-refractivity contribution in [2.24, 2.45) is 0 Å². The van der Waals surface area contributed by atoms with Crippen molar-refractivity contribution >= 4 is 39.1 Å². The van der Waals surface area contributed by atoms with E-state index in [0.29, 0.717) is 0 Å². The molecule has 0 saturated carbocycles. The van der Waals surface area contributed by atoms with Gasteiger partial charge in [0.2, 0.25) is 0 Å². The first-order valence-electron chi connectivity index (χ1n) is 4.73. The molecule has 0 radical (unpaired) electrons. The van der Waals surface area contributed by atoms with Crippen LogP contribution in [-0.4, -0.2) is 0 Å². The van der Waals surface area contributed by atoms with Crippen LogP contribution in [0.25, 0.3) is 0 Å². The maximum atomic E-state index is 5.77. The number of nitrogens with two attached hydrogens (primary N) is 2. The SMILES string of the molecule is Nc1ccc(Sc2cc(N)cc(Br)c2)cc1. The van der Waals surface area contributed by atoms with Crippen molar-refractivity contribution in [2.75, 3.05) is 11.5 Å². The molecule has 2 aromatic carbocycles. The highest BCUT2D eigenvalue weighted by molar-refractivity contribution is 9.10. The maximum Gasteiger partial charge on any atom is 0.0336 e. The molecule has 4 heteroatoms. The Morgan fingerprint density at radius 3 is 2.12 bits per heavy atom. The van der Waals surface area contributed by atoms with Gasteiger partial charge in [-0.3, -0.25) is 0 Å². The summed E-state index contributed by atoms with van der Waals surface area (Å²) in [5.41, 5.74) is 12.9. The summed E-state index contributed by atoms with van der Waals surface area (Å²) < 4.78 is 0.991. The topological polar surface area (TPSA) is 52.0 Å². The van der Waals surface area contributed by atoms with Gasteiger partial charge < -0.3 is 11.5 Å². The molecule has 4 N–H and O–H groups in total. The van der Waals surface area contributed by atoms with Gasteiger partial charge in [-0.05, 0) is 42.5 Å². The summed E-state index contributed by atoms with van der Waals surface area (Å²) in [7, 11) is 0. The fraction of sp³-hybridized carbons (Fsp3) is 0. The molecule has 0 aliphatic carbocycles. The Labute approximate surface area is 107 Å². The number of nitrogen functional groups attached to an aromatic ring is 2. The van der Waals surface area contributed by atoms with Gasteiger partial charge in [-0.25, -0.2) is 0 Å². The van der Waals surface area contributed by atoms with Gasteiger partial charge in [-0.1, -0.05) is 27.7 Å². The zero-order chi connectivity index (χ0) is 11.5. The maximum absolute atomic E-state index is 5.77. The van der Waals surface area contributed by atoms with E-state index in [2.05, 4.69) is 15.9 Å². The highest BCUT2D eigenvalue weighted by atomic mass is 79.9. The van der Waals surface area contributed by atoms with Gasteiger partial charge in [-0.2, -0.15) is 0 Å². The number of hydrogen-bond acceptors (Lipinski definition) is 3. The molecule has 0 aliphatic heterocycles. The second kappa shape index (κ2) is 4.80. The molecular weight excluding hydrogens is 284 g/mol. The zero-order valence-corrected chi connectivity index (χ0v) is 10.9. The molecule has 0 aromatic heterocycles. The molecule has 0 fully saturated rings. The fourth-order valence-electron chi connectivity index (χ4n) is 1.32. The summed E-state index contributed by atoms with van der Waals surface area (Å²) >= 11 is 5.08. The van der Waals surface area contributed by atoms with E-state index in [9.17, 15) is 0 Å². The minimum absolute atomic E-state index is 0.757. The van der Waals surface area contributed by atoms with Crippen LogP contribution in [0, 0.1) is 0 Å². The van der Waals surface area contributed by atoms with Gasteiger partial charge in [0.25, 0.3) is 0 Å². The molecule has 16 heavy (non-hydrogen) atoms. The molecule has 2 rings (SSSR count). The fourth-order valence-corrected chi connectivity index (χ4v) is 2.90. The molecule has 0 saturated heterocycles. The highest BCUT2D eigenvalue weighted by Crippen LogP contribution is 2.31. The van der Waals surface area contributed by atoms with Gasteiger partial charge in [0, 0.05) is 25.6 Å². The van der Waals surface area contributed by atoms with Crippen molar-refractivity contribution in [1.29, 1.82) is 0 Å². The zero-order valence-electron chi connectivity index (χ0n) is 8.48. The van der Waals surface area contributed by atoms with E-state index in [1.165, 1.54) is 0 Å². The molecule has 0 heterocycles. The van der Waals surface area contributed by atoms with Crippen molar-refractivity contribution in [3.8, 4) is 0 Å². The highest BCUT2D eigenvalue weighted by Gasteiger charge is 2.00. The van der Waals surface area contributed by atoms with Crippen molar-refractivity contribution < 1.29 is 0 Å². The van der Waals surface area contributed by atoms with Crippen molar-refractivity contribution in [2.45, 2.75) is 9.79 Å². The first-order chi connectivity index (χ1) is 7.63. The minimum atomic E-state index is 0.757. The molecular formula is C12H11BrN2S. The largest absolute Gasteiger partial charge is 0.399 e. The van der Waals surface area contributed by atoms with Crippen LogP contribution in [0.2, 0.25) is 0 Å². The summed E-state index contributed by atoms with van der Waals surface area (Å²) in [6.45, 7) is 0. The predicted molar refractivity (Wildman–Crippen MR) is 73.5 cm³/mol. The van der Waals surface area contributed by atoms with Gasteiger partial charge in [0.1, 0.15) is 0 Å². The average molecular weight is 295 g/mol. The predicted octanol–water partition coefficient (Wildman–Crippen LogP) is 3.76. The quantitative estimate of drug-likeness (QED) is 0.829. The third-order valence-corrected chi connectivity index (χ3v) is 3.45. The molecule has 0 atom stereocenters. The molecule has 2 aromatic rings. The molecule has 0 amide bonds. The average Bonchev–Trinajstić information content (AvgIpc) is 2.20. The Hall–Kier alpha value is -1.13. The summed E-state index contributed by atoms with van der Waals surface area (Å²) in [6.07, 6.45) is 0. The van der Waals surface area contributed by atoms with Crippen LogP contribution < -0.4 is 11.5 Å². The Morgan fingerprint density at radius 1 is 0.812 bits per heavy atom. The van der Waals surface area contributed by atoms with Crippen molar-refractivity contribution in [1.82, 2.24) is 0 Å².